The average Bonchev–Trinajstić information content (AvgIpc) is 2.93. The van der Waals surface area contributed by atoms with Crippen molar-refractivity contribution in [3.8, 4) is 0 Å². The molecule has 2 heterocycles. The summed E-state index contributed by atoms with van der Waals surface area (Å²) in [6, 6.07) is 7.00. The summed E-state index contributed by atoms with van der Waals surface area (Å²) in [5, 5.41) is 2.84. The lowest BCUT2D eigenvalue weighted by atomic mass is 10.1. The molecule has 106 valence electrons. The Kier molecular flexibility index (Phi) is 3.44. The number of hydrogen-bond donors (Lipinski definition) is 1. The first-order valence-electron chi connectivity index (χ1n) is 7.11. The molecule has 5 nitrogen and oxygen atoms in total. The second kappa shape index (κ2) is 5.25. The summed E-state index contributed by atoms with van der Waals surface area (Å²) in [6.45, 7) is 4.11. The van der Waals surface area contributed by atoms with E-state index in [1.165, 1.54) is 0 Å². The SMILES string of the molecule is C[C@H]1C(=O)Nc2ccccc2N1C(=O)CN1CCCC1. The summed E-state index contributed by atoms with van der Waals surface area (Å²) in [4.78, 5) is 28.4. The van der Waals surface area contributed by atoms with Gasteiger partial charge in [-0.1, -0.05) is 12.1 Å². The van der Waals surface area contributed by atoms with Gasteiger partial charge in [-0.2, -0.15) is 0 Å². The van der Waals surface area contributed by atoms with E-state index in [1.807, 2.05) is 24.3 Å². The molecule has 1 N–H and O–H groups in total. The van der Waals surface area contributed by atoms with Crippen molar-refractivity contribution in [1.29, 1.82) is 0 Å². The van der Waals surface area contributed by atoms with Gasteiger partial charge in [0.15, 0.2) is 0 Å². The minimum atomic E-state index is -0.458. The van der Waals surface area contributed by atoms with E-state index >= 15 is 0 Å². The zero-order chi connectivity index (χ0) is 14.1. The molecule has 1 aromatic rings. The Labute approximate surface area is 118 Å². The van der Waals surface area contributed by atoms with Crippen LogP contribution >= 0.6 is 0 Å². The number of carbonyl (C=O) groups excluding carboxylic acids is 2. The molecule has 1 fully saturated rings. The van der Waals surface area contributed by atoms with Crippen LogP contribution in [0, 0.1) is 0 Å². The van der Waals surface area contributed by atoms with Crippen LogP contribution in [0.3, 0.4) is 0 Å². The molecule has 0 radical (unpaired) electrons. The summed E-state index contributed by atoms with van der Waals surface area (Å²) in [5.74, 6) is -0.125. The second-order valence-corrected chi connectivity index (χ2v) is 5.43. The van der Waals surface area contributed by atoms with Gasteiger partial charge in [-0.3, -0.25) is 19.4 Å². The van der Waals surface area contributed by atoms with Gasteiger partial charge in [-0.15, -0.1) is 0 Å². The smallest absolute Gasteiger partial charge is 0.247 e. The molecule has 2 amide bonds. The van der Waals surface area contributed by atoms with Gasteiger partial charge in [-0.05, 0) is 45.0 Å². The Hall–Kier alpha value is -1.88. The van der Waals surface area contributed by atoms with Crippen molar-refractivity contribution in [2.24, 2.45) is 0 Å². The fraction of sp³-hybridized carbons (Fsp3) is 0.467. The van der Waals surface area contributed by atoms with Crippen molar-refractivity contribution < 1.29 is 9.59 Å². The van der Waals surface area contributed by atoms with Gasteiger partial charge in [0.2, 0.25) is 11.8 Å². The number of hydrogen-bond acceptors (Lipinski definition) is 3. The molecular formula is C15H19N3O2. The fourth-order valence-electron chi connectivity index (χ4n) is 2.91. The number of carbonyl (C=O) groups is 2. The molecule has 2 aliphatic rings. The highest BCUT2D eigenvalue weighted by molar-refractivity contribution is 6.12. The summed E-state index contributed by atoms with van der Waals surface area (Å²) in [5.41, 5.74) is 1.51. The van der Waals surface area contributed by atoms with E-state index in [2.05, 4.69) is 10.2 Å². The summed E-state index contributed by atoms with van der Waals surface area (Å²) >= 11 is 0. The highest BCUT2D eigenvalue weighted by Gasteiger charge is 2.34. The molecule has 0 bridgehead atoms. The predicted octanol–water partition coefficient (Wildman–Crippen LogP) is 1.46. The Balaban J connectivity index is 1.86. The fourth-order valence-corrected chi connectivity index (χ4v) is 2.91. The van der Waals surface area contributed by atoms with Crippen LogP contribution < -0.4 is 10.2 Å². The monoisotopic (exact) mass is 273 g/mol. The quantitative estimate of drug-likeness (QED) is 0.887. The molecule has 1 aromatic carbocycles. The van der Waals surface area contributed by atoms with Crippen molar-refractivity contribution in [3.05, 3.63) is 24.3 Å². The van der Waals surface area contributed by atoms with Crippen LogP contribution in [0.2, 0.25) is 0 Å². The number of likely N-dealkylation sites (tertiary alicyclic amines) is 1. The van der Waals surface area contributed by atoms with Crippen molar-refractivity contribution in [3.63, 3.8) is 0 Å². The maximum Gasteiger partial charge on any atom is 0.247 e. The van der Waals surface area contributed by atoms with Crippen molar-refractivity contribution in [1.82, 2.24) is 4.90 Å². The van der Waals surface area contributed by atoms with Gasteiger partial charge < -0.3 is 5.32 Å². The molecule has 1 atom stereocenters. The molecule has 2 aliphatic heterocycles. The summed E-state index contributed by atoms with van der Waals surface area (Å²) in [7, 11) is 0. The van der Waals surface area contributed by atoms with Gasteiger partial charge >= 0.3 is 0 Å². The van der Waals surface area contributed by atoms with Crippen molar-refractivity contribution in [2.75, 3.05) is 29.9 Å². The number of rotatable bonds is 2. The maximum atomic E-state index is 12.6. The Morgan fingerprint density at radius 3 is 2.75 bits per heavy atom. The van der Waals surface area contributed by atoms with E-state index in [1.54, 1.807) is 11.8 Å². The van der Waals surface area contributed by atoms with Crippen molar-refractivity contribution in [2.45, 2.75) is 25.8 Å². The van der Waals surface area contributed by atoms with E-state index in [9.17, 15) is 9.59 Å². The highest BCUT2D eigenvalue weighted by atomic mass is 16.2. The number of amides is 2. The third kappa shape index (κ3) is 2.29. The van der Waals surface area contributed by atoms with E-state index < -0.39 is 6.04 Å². The van der Waals surface area contributed by atoms with E-state index in [4.69, 9.17) is 0 Å². The minimum Gasteiger partial charge on any atom is -0.322 e. The molecule has 0 unspecified atom stereocenters. The molecule has 0 aromatic heterocycles. The lowest BCUT2D eigenvalue weighted by molar-refractivity contribution is -0.124. The number of para-hydroxylation sites is 2. The van der Waals surface area contributed by atoms with Gasteiger partial charge in [0.25, 0.3) is 0 Å². The van der Waals surface area contributed by atoms with E-state index in [0.29, 0.717) is 12.2 Å². The lowest BCUT2D eigenvalue weighted by Gasteiger charge is -2.35. The Morgan fingerprint density at radius 1 is 1.30 bits per heavy atom. The number of benzene rings is 1. The molecule has 0 aliphatic carbocycles. The first-order valence-corrected chi connectivity index (χ1v) is 7.11. The molecule has 3 rings (SSSR count). The zero-order valence-corrected chi connectivity index (χ0v) is 11.6. The largest absolute Gasteiger partial charge is 0.322 e. The molecule has 0 spiro atoms. The first kappa shape index (κ1) is 13.1. The molecule has 0 saturated carbocycles. The van der Waals surface area contributed by atoms with Gasteiger partial charge in [0, 0.05) is 0 Å². The topological polar surface area (TPSA) is 52.7 Å². The van der Waals surface area contributed by atoms with Gasteiger partial charge in [0.05, 0.1) is 17.9 Å². The predicted molar refractivity (Wildman–Crippen MR) is 77.7 cm³/mol. The van der Waals surface area contributed by atoms with Crippen LogP contribution in [0.5, 0.6) is 0 Å². The maximum absolute atomic E-state index is 12.6. The lowest BCUT2D eigenvalue weighted by Crippen LogP contribution is -2.52. The van der Waals surface area contributed by atoms with Crippen LogP contribution in [0.25, 0.3) is 0 Å². The second-order valence-electron chi connectivity index (χ2n) is 5.43. The Bertz CT molecular complexity index is 538. The van der Waals surface area contributed by atoms with Crippen LogP contribution in [-0.4, -0.2) is 42.4 Å². The Morgan fingerprint density at radius 2 is 2.00 bits per heavy atom. The zero-order valence-electron chi connectivity index (χ0n) is 11.6. The number of nitrogens with one attached hydrogen (secondary N) is 1. The minimum absolute atomic E-state index is 0.00157. The van der Waals surface area contributed by atoms with Crippen LogP contribution in [0.15, 0.2) is 24.3 Å². The van der Waals surface area contributed by atoms with Crippen LogP contribution in [-0.2, 0) is 9.59 Å². The highest BCUT2D eigenvalue weighted by Crippen LogP contribution is 2.31. The molecule has 1 saturated heterocycles. The first-order chi connectivity index (χ1) is 9.66. The summed E-state index contributed by atoms with van der Waals surface area (Å²) < 4.78 is 0. The standard InChI is InChI=1S/C15H19N3O2/c1-11-15(20)16-12-6-2-3-7-13(12)18(11)14(19)10-17-8-4-5-9-17/h2-3,6-7,11H,4-5,8-10H2,1H3,(H,16,20)/t11-/m0/s1. The van der Waals surface area contributed by atoms with E-state index in [-0.39, 0.29) is 11.8 Å². The summed E-state index contributed by atoms with van der Waals surface area (Å²) in [6.07, 6.45) is 2.31. The number of nitrogens with zero attached hydrogens (tertiary/aromatic N) is 2. The normalized spacial score (nSPS) is 22.6. The van der Waals surface area contributed by atoms with Crippen molar-refractivity contribution >= 4 is 23.2 Å². The van der Waals surface area contributed by atoms with Crippen LogP contribution in [0.1, 0.15) is 19.8 Å². The van der Waals surface area contributed by atoms with Gasteiger partial charge in [0.1, 0.15) is 6.04 Å². The number of fused-ring (bicyclic) bond motifs is 1. The number of anilines is 2. The van der Waals surface area contributed by atoms with Crippen LogP contribution in [0.4, 0.5) is 11.4 Å². The third-order valence-corrected chi connectivity index (χ3v) is 4.01. The molecule has 5 heteroatoms. The van der Waals surface area contributed by atoms with E-state index in [0.717, 1.165) is 31.6 Å². The third-order valence-electron chi connectivity index (χ3n) is 4.01. The molecular weight excluding hydrogens is 254 g/mol. The average molecular weight is 273 g/mol. The molecule has 20 heavy (non-hydrogen) atoms. The van der Waals surface area contributed by atoms with Gasteiger partial charge in [-0.25, -0.2) is 0 Å².